The minimum Gasteiger partial charge on any atom is -0.378 e. The fourth-order valence-electron chi connectivity index (χ4n) is 2.81. The molecule has 0 spiro atoms. The topological polar surface area (TPSA) is 38.5 Å². The number of halogens is 1. The third-order valence-electron chi connectivity index (χ3n) is 3.65. The fourth-order valence-corrected chi connectivity index (χ4v) is 4.50. The lowest BCUT2D eigenvalue weighted by atomic mass is 10.0. The van der Waals surface area contributed by atoms with Gasteiger partial charge in [-0.3, -0.25) is 4.90 Å². The number of nitrogens with two attached hydrogens (primary N) is 1. The molecule has 1 aliphatic rings. The second kappa shape index (κ2) is 7.18. The Morgan fingerprint density at radius 2 is 2.21 bits per heavy atom. The van der Waals surface area contributed by atoms with Crippen molar-refractivity contribution in [3.05, 3.63) is 20.8 Å². The molecule has 2 rings (SSSR count). The van der Waals surface area contributed by atoms with E-state index in [1.165, 1.54) is 4.88 Å². The SMILES string of the molecule is CCOC1CCN(C(c2cc(Br)cs2)C(C)N)CC1. The van der Waals surface area contributed by atoms with Gasteiger partial charge < -0.3 is 10.5 Å². The molecule has 2 N–H and O–H groups in total. The maximum absolute atomic E-state index is 6.22. The summed E-state index contributed by atoms with van der Waals surface area (Å²) in [5.41, 5.74) is 6.22. The molecule has 108 valence electrons. The third kappa shape index (κ3) is 4.02. The Morgan fingerprint density at radius 1 is 1.53 bits per heavy atom. The lowest BCUT2D eigenvalue weighted by molar-refractivity contribution is 0.00162. The van der Waals surface area contributed by atoms with E-state index in [0.29, 0.717) is 12.1 Å². The molecule has 1 aromatic rings. The zero-order chi connectivity index (χ0) is 13.8. The average Bonchev–Trinajstić information content (AvgIpc) is 2.78. The van der Waals surface area contributed by atoms with Crippen LogP contribution in [0.5, 0.6) is 0 Å². The molecule has 2 heterocycles. The first kappa shape index (κ1) is 15.4. The van der Waals surface area contributed by atoms with Gasteiger partial charge in [-0.25, -0.2) is 0 Å². The number of hydrogen-bond acceptors (Lipinski definition) is 4. The first-order valence-electron chi connectivity index (χ1n) is 6.97. The molecule has 2 unspecified atom stereocenters. The maximum Gasteiger partial charge on any atom is 0.0599 e. The van der Waals surface area contributed by atoms with Crippen LogP contribution < -0.4 is 5.73 Å². The van der Waals surface area contributed by atoms with Crippen LogP contribution in [0.1, 0.15) is 37.6 Å². The highest BCUT2D eigenvalue weighted by Crippen LogP contribution is 2.33. The summed E-state index contributed by atoms with van der Waals surface area (Å²) in [6.45, 7) is 7.14. The van der Waals surface area contributed by atoms with Gasteiger partial charge in [0.15, 0.2) is 0 Å². The van der Waals surface area contributed by atoms with Gasteiger partial charge in [0, 0.05) is 40.5 Å². The van der Waals surface area contributed by atoms with Gasteiger partial charge in [0.1, 0.15) is 0 Å². The van der Waals surface area contributed by atoms with Crippen molar-refractivity contribution in [1.29, 1.82) is 0 Å². The molecular formula is C14H23BrN2OS. The highest BCUT2D eigenvalue weighted by atomic mass is 79.9. The number of thiophene rings is 1. The van der Waals surface area contributed by atoms with E-state index in [0.717, 1.165) is 37.0 Å². The van der Waals surface area contributed by atoms with Crippen molar-refractivity contribution in [2.75, 3.05) is 19.7 Å². The lowest BCUT2D eigenvalue weighted by Gasteiger charge is -2.38. The van der Waals surface area contributed by atoms with Crippen LogP contribution in [0.3, 0.4) is 0 Å². The van der Waals surface area contributed by atoms with E-state index in [-0.39, 0.29) is 6.04 Å². The van der Waals surface area contributed by atoms with E-state index in [4.69, 9.17) is 10.5 Å². The van der Waals surface area contributed by atoms with Gasteiger partial charge >= 0.3 is 0 Å². The normalized spacial score (nSPS) is 21.5. The molecule has 1 aliphatic heterocycles. The highest BCUT2D eigenvalue weighted by Gasteiger charge is 2.29. The molecule has 2 atom stereocenters. The summed E-state index contributed by atoms with van der Waals surface area (Å²) in [6.07, 6.45) is 2.66. The Balaban J connectivity index is 2.01. The van der Waals surface area contributed by atoms with Crippen LogP contribution in [0, 0.1) is 0 Å². The molecular weight excluding hydrogens is 324 g/mol. The van der Waals surface area contributed by atoms with Crippen LogP contribution in [0.15, 0.2) is 15.9 Å². The summed E-state index contributed by atoms with van der Waals surface area (Å²) in [4.78, 5) is 3.87. The number of piperidine rings is 1. The van der Waals surface area contributed by atoms with Crippen LogP contribution >= 0.6 is 27.3 Å². The maximum atomic E-state index is 6.22. The van der Waals surface area contributed by atoms with Crippen molar-refractivity contribution in [2.45, 2.75) is 44.9 Å². The van der Waals surface area contributed by atoms with Crippen molar-refractivity contribution >= 4 is 27.3 Å². The van der Waals surface area contributed by atoms with Crippen molar-refractivity contribution in [2.24, 2.45) is 5.73 Å². The summed E-state index contributed by atoms with van der Waals surface area (Å²) in [7, 11) is 0. The van der Waals surface area contributed by atoms with Gasteiger partial charge in [0.05, 0.1) is 12.1 Å². The molecule has 0 aliphatic carbocycles. The van der Waals surface area contributed by atoms with Crippen molar-refractivity contribution in [1.82, 2.24) is 4.90 Å². The van der Waals surface area contributed by atoms with Crippen LogP contribution in [0.25, 0.3) is 0 Å². The third-order valence-corrected chi connectivity index (χ3v) is 5.41. The second-order valence-corrected chi connectivity index (χ2v) is 7.02. The fraction of sp³-hybridized carbons (Fsp3) is 0.714. The quantitative estimate of drug-likeness (QED) is 0.887. The lowest BCUT2D eigenvalue weighted by Crippen LogP contribution is -2.44. The molecule has 0 amide bonds. The van der Waals surface area contributed by atoms with Gasteiger partial charge in [-0.2, -0.15) is 0 Å². The average molecular weight is 347 g/mol. The predicted octanol–water partition coefficient (Wildman–Crippen LogP) is 3.40. The van der Waals surface area contributed by atoms with Gasteiger partial charge in [-0.1, -0.05) is 0 Å². The monoisotopic (exact) mass is 346 g/mol. The van der Waals surface area contributed by atoms with E-state index in [2.05, 4.69) is 46.1 Å². The molecule has 3 nitrogen and oxygen atoms in total. The number of likely N-dealkylation sites (tertiary alicyclic amines) is 1. The van der Waals surface area contributed by atoms with Gasteiger partial charge in [-0.05, 0) is 48.7 Å². The van der Waals surface area contributed by atoms with E-state index in [1.54, 1.807) is 11.3 Å². The zero-order valence-electron chi connectivity index (χ0n) is 11.6. The number of nitrogens with zero attached hydrogens (tertiary/aromatic N) is 1. The van der Waals surface area contributed by atoms with Crippen molar-refractivity contribution in [3.8, 4) is 0 Å². The molecule has 5 heteroatoms. The highest BCUT2D eigenvalue weighted by molar-refractivity contribution is 9.10. The van der Waals surface area contributed by atoms with E-state index < -0.39 is 0 Å². The first-order valence-corrected chi connectivity index (χ1v) is 8.64. The summed E-state index contributed by atoms with van der Waals surface area (Å²) in [5, 5.41) is 2.14. The van der Waals surface area contributed by atoms with Crippen molar-refractivity contribution < 1.29 is 4.74 Å². The Bertz CT molecular complexity index is 389. The minimum atomic E-state index is 0.147. The number of rotatable bonds is 5. The largest absolute Gasteiger partial charge is 0.378 e. The summed E-state index contributed by atoms with van der Waals surface area (Å²) >= 11 is 5.33. The van der Waals surface area contributed by atoms with Crippen molar-refractivity contribution in [3.63, 3.8) is 0 Å². The molecule has 0 aromatic carbocycles. The Hall–Kier alpha value is 0.0600. The molecule has 19 heavy (non-hydrogen) atoms. The summed E-state index contributed by atoms with van der Waals surface area (Å²) in [6, 6.07) is 2.68. The number of hydrogen-bond donors (Lipinski definition) is 1. The molecule has 0 saturated carbocycles. The van der Waals surface area contributed by atoms with Crippen LogP contribution in [0.4, 0.5) is 0 Å². The Kier molecular flexibility index (Phi) is 5.84. The summed E-state index contributed by atoms with van der Waals surface area (Å²) in [5.74, 6) is 0. The van der Waals surface area contributed by atoms with E-state index in [1.807, 2.05) is 0 Å². The second-order valence-electron chi connectivity index (χ2n) is 5.16. The molecule has 1 aromatic heterocycles. The van der Waals surface area contributed by atoms with Gasteiger partial charge in [0.2, 0.25) is 0 Å². The molecule has 0 bridgehead atoms. The van der Waals surface area contributed by atoms with Crippen LogP contribution in [-0.2, 0) is 4.74 Å². The molecule has 1 saturated heterocycles. The Morgan fingerprint density at radius 3 is 2.68 bits per heavy atom. The van der Waals surface area contributed by atoms with E-state index in [9.17, 15) is 0 Å². The van der Waals surface area contributed by atoms with Crippen LogP contribution in [-0.4, -0.2) is 36.7 Å². The first-order chi connectivity index (χ1) is 9.11. The standard InChI is InChI=1S/C14H23BrN2OS/c1-3-18-12-4-6-17(7-5-12)14(10(2)16)13-8-11(15)9-19-13/h8-10,12,14H,3-7,16H2,1-2H3. The van der Waals surface area contributed by atoms with E-state index >= 15 is 0 Å². The van der Waals surface area contributed by atoms with Gasteiger partial charge in [-0.15, -0.1) is 11.3 Å². The Labute approximate surface area is 128 Å². The predicted molar refractivity (Wildman–Crippen MR) is 84.6 cm³/mol. The molecule has 0 radical (unpaired) electrons. The molecule has 1 fully saturated rings. The smallest absolute Gasteiger partial charge is 0.0599 e. The summed E-state index contributed by atoms with van der Waals surface area (Å²) < 4.78 is 6.87. The minimum absolute atomic E-state index is 0.147. The zero-order valence-corrected chi connectivity index (χ0v) is 14.0. The number of ether oxygens (including phenoxy) is 1. The van der Waals surface area contributed by atoms with Crippen LogP contribution in [0.2, 0.25) is 0 Å². The van der Waals surface area contributed by atoms with Gasteiger partial charge in [0.25, 0.3) is 0 Å².